The number of hydrogen-bond donors (Lipinski definition) is 0. The first-order valence-electron chi connectivity index (χ1n) is 8.31. The normalized spacial score (nSPS) is 12.9. The monoisotopic (exact) mass is 248 g/mol. The summed E-state index contributed by atoms with van der Waals surface area (Å²) in [6.07, 6.45) is 19.1. The molecular formula is C16H33Na. The Morgan fingerprint density at radius 3 is 1.41 bits per heavy atom. The Morgan fingerprint density at radius 2 is 0.941 bits per heavy atom. The molecule has 0 amide bonds. The molecule has 98 valence electrons. The number of unbranched alkanes of at least 4 members (excludes halogenated alkanes) is 9. The van der Waals surface area contributed by atoms with Gasteiger partial charge < -0.3 is 0 Å². The topological polar surface area (TPSA) is 0 Å². The van der Waals surface area contributed by atoms with E-state index in [4.69, 9.17) is 0 Å². The van der Waals surface area contributed by atoms with Crippen molar-refractivity contribution in [2.24, 2.45) is 0 Å². The van der Waals surface area contributed by atoms with Crippen LogP contribution in [0.1, 0.15) is 97.3 Å². The van der Waals surface area contributed by atoms with Gasteiger partial charge in [0.15, 0.2) is 0 Å². The molecular weight excluding hydrogens is 215 g/mol. The zero-order valence-electron chi connectivity index (χ0n) is 12.8. The Kier molecular flexibility index (Phi) is 15.9. The zero-order chi connectivity index (χ0) is 12.8. The van der Waals surface area contributed by atoms with Crippen LogP contribution in [-0.4, -0.2) is 27.9 Å². The van der Waals surface area contributed by atoms with Crippen LogP contribution in [0.5, 0.6) is 0 Å². The second-order valence-electron chi connectivity index (χ2n) is 5.86. The summed E-state index contributed by atoms with van der Waals surface area (Å²) in [6.45, 7) is 4.60. The molecule has 0 saturated heterocycles. The average Bonchev–Trinajstić information content (AvgIpc) is 2.33. The summed E-state index contributed by atoms with van der Waals surface area (Å²) in [6, 6.07) is 0. The minimum atomic E-state index is 1.11. The zero-order valence-corrected chi connectivity index (χ0v) is 14.8. The molecule has 0 fully saturated rings. The van der Waals surface area contributed by atoms with E-state index in [1.807, 2.05) is 0 Å². The van der Waals surface area contributed by atoms with Crippen LogP contribution in [0.3, 0.4) is 0 Å². The molecule has 0 radical (unpaired) electrons. The van der Waals surface area contributed by atoms with Crippen LogP contribution in [0.2, 0.25) is 3.17 Å². The summed E-state index contributed by atoms with van der Waals surface area (Å²) >= 11 is 1.43. The van der Waals surface area contributed by atoms with Crippen molar-refractivity contribution in [2.45, 2.75) is 100 Å². The van der Waals surface area contributed by atoms with Gasteiger partial charge in [-0.15, -0.1) is 0 Å². The molecule has 1 atom stereocenters. The Bertz CT molecular complexity index is 133. The van der Waals surface area contributed by atoms with Gasteiger partial charge in [0.1, 0.15) is 0 Å². The fourth-order valence-electron chi connectivity index (χ4n) is 2.51. The van der Waals surface area contributed by atoms with E-state index in [1.54, 1.807) is 0 Å². The molecule has 0 rings (SSSR count). The molecule has 0 aliphatic carbocycles. The van der Waals surface area contributed by atoms with Gasteiger partial charge in [-0.05, 0) is 0 Å². The van der Waals surface area contributed by atoms with Crippen LogP contribution in [0, 0.1) is 0 Å². The van der Waals surface area contributed by atoms with Gasteiger partial charge in [0, 0.05) is 0 Å². The first kappa shape index (κ1) is 18.0. The third kappa shape index (κ3) is 14.9. The minimum absolute atomic E-state index is 1.11. The Balaban J connectivity index is 3.08. The molecule has 1 heteroatoms. The third-order valence-corrected chi connectivity index (χ3v) is 5.01. The van der Waals surface area contributed by atoms with Crippen LogP contribution < -0.4 is 0 Å². The van der Waals surface area contributed by atoms with E-state index in [0.717, 1.165) is 3.17 Å². The molecule has 0 N–H and O–H groups in total. The van der Waals surface area contributed by atoms with Gasteiger partial charge in [-0.2, -0.15) is 0 Å². The van der Waals surface area contributed by atoms with E-state index in [2.05, 4.69) is 13.8 Å². The van der Waals surface area contributed by atoms with Crippen molar-refractivity contribution in [1.29, 1.82) is 0 Å². The van der Waals surface area contributed by atoms with Crippen molar-refractivity contribution >= 4 is 27.9 Å². The Hall–Kier alpha value is 1.00. The molecule has 0 aromatic heterocycles. The van der Waals surface area contributed by atoms with Gasteiger partial charge >= 0.3 is 128 Å². The second kappa shape index (κ2) is 15.1. The van der Waals surface area contributed by atoms with Gasteiger partial charge in [0.05, 0.1) is 0 Å². The molecule has 17 heavy (non-hydrogen) atoms. The summed E-state index contributed by atoms with van der Waals surface area (Å²) in [5.74, 6) is 0. The predicted molar refractivity (Wildman–Crippen MR) is 80.9 cm³/mol. The van der Waals surface area contributed by atoms with Crippen LogP contribution in [-0.2, 0) is 0 Å². The molecule has 0 bridgehead atoms. The van der Waals surface area contributed by atoms with E-state index in [1.165, 1.54) is 111 Å². The van der Waals surface area contributed by atoms with Gasteiger partial charge in [-0.3, -0.25) is 0 Å². The molecule has 0 nitrogen and oxygen atoms in total. The van der Waals surface area contributed by atoms with Crippen molar-refractivity contribution in [2.75, 3.05) is 0 Å². The standard InChI is InChI=1S/C16H33.Na/c1-3-5-7-9-11-13-15-16-14-12-10-8-6-4-2;/h13H,3-12,14-16H2,1-2H3;. The van der Waals surface area contributed by atoms with Gasteiger partial charge in [0.25, 0.3) is 0 Å². The van der Waals surface area contributed by atoms with Crippen molar-refractivity contribution < 1.29 is 0 Å². The molecule has 0 aromatic rings. The molecule has 0 saturated carbocycles. The third-order valence-electron chi connectivity index (χ3n) is 3.85. The quantitative estimate of drug-likeness (QED) is 0.275. The van der Waals surface area contributed by atoms with E-state index < -0.39 is 0 Å². The van der Waals surface area contributed by atoms with Crippen LogP contribution in [0.25, 0.3) is 0 Å². The molecule has 0 aliphatic rings. The molecule has 1 unspecified atom stereocenters. The van der Waals surface area contributed by atoms with Gasteiger partial charge in [-0.25, -0.2) is 0 Å². The van der Waals surface area contributed by atoms with Crippen LogP contribution in [0.4, 0.5) is 0 Å². The van der Waals surface area contributed by atoms with E-state index >= 15 is 0 Å². The van der Waals surface area contributed by atoms with Crippen molar-refractivity contribution in [3.05, 3.63) is 0 Å². The molecule has 0 aliphatic heterocycles. The van der Waals surface area contributed by atoms with Crippen LogP contribution >= 0.6 is 0 Å². The van der Waals surface area contributed by atoms with Crippen molar-refractivity contribution in [3.8, 4) is 0 Å². The summed E-state index contributed by atoms with van der Waals surface area (Å²) in [4.78, 5) is 0. The SMILES string of the molecule is CCCCCCCCC[CH]([Na])CCCCCC. The van der Waals surface area contributed by atoms with E-state index in [9.17, 15) is 0 Å². The van der Waals surface area contributed by atoms with Crippen molar-refractivity contribution in [1.82, 2.24) is 0 Å². The van der Waals surface area contributed by atoms with E-state index in [-0.39, 0.29) is 0 Å². The Labute approximate surface area is 128 Å². The fraction of sp³-hybridized carbons (Fsp3) is 1.00. The van der Waals surface area contributed by atoms with Gasteiger partial charge in [-0.1, -0.05) is 0 Å². The summed E-state index contributed by atoms with van der Waals surface area (Å²) < 4.78 is 1.11. The number of rotatable bonds is 13. The average molecular weight is 248 g/mol. The fourth-order valence-corrected chi connectivity index (χ4v) is 3.33. The summed E-state index contributed by atoms with van der Waals surface area (Å²) in [7, 11) is 0. The summed E-state index contributed by atoms with van der Waals surface area (Å²) in [5.41, 5.74) is 0. The van der Waals surface area contributed by atoms with E-state index in [0.29, 0.717) is 0 Å². The predicted octanol–water partition coefficient (Wildman–Crippen LogP) is 6.05. The molecule has 0 aromatic carbocycles. The number of hydrogen-bond acceptors (Lipinski definition) is 0. The maximum absolute atomic E-state index is 2.30. The molecule has 0 heterocycles. The second-order valence-corrected chi connectivity index (χ2v) is 7.50. The summed E-state index contributed by atoms with van der Waals surface area (Å²) in [5, 5.41) is 0. The van der Waals surface area contributed by atoms with Crippen molar-refractivity contribution in [3.63, 3.8) is 0 Å². The molecule has 0 spiro atoms. The first-order chi connectivity index (χ1) is 8.31. The first-order valence-corrected chi connectivity index (χ1v) is 9.46. The van der Waals surface area contributed by atoms with Gasteiger partial charge in [0.2, 0.25) is 0 Å². The Morgan fingerprint density at radius 1 is 0.588 bits per heavy atom. The maximum atomic E-state index is 2.30. The van der Waals surface area contributed by atoms with Crippen LogP contribution in [0.15, 0.2) is 0 Å².